The first kappa shape index (κ1) is 16.4. The van der Waals surface area contributed by atoms with Crippen LogP contribution >= 0.6 is 0 Å². The van der Waals surface area contributed by atoms with E-state index in [0.29, 0.717) is 11.4 Å². The molecule has 0 radical (unpaired) electrons. The van der Waals surface area contributed by atoms with Crippen molar-refractivity contribution < 1.29 is 9.59 Å². The first-order valence-electron chi connectivity index (χ1n) is 7.25. The molecule has 118 valence electrons. The SMILES string of the molecule is C/C(=N\NC(=O)C(=O)Nc1cc(C)ccc1C)c1ccccc1. The van der Waals surface area contributed by atoms with Crippen LogP contribution in [0.25, 0.3) is 0 Å². The van der Waals surface area contributed by atoms with Gasteiger partial charge in [-0.05, 0) is 43.5 Å². The summed E-state index contributed by atoms with van der Waals surface area (Å²) in [5.41, 5.74) is 6.29. The predicted molar refractivity (Wildman–Crippen MR) is 91.3 cm³/mol. The van der Waals surface area contributed by atoms with Crippen molar-refractivity contribution in [3.63, 3.8) is 0 Å². The number of hydrogen-bond donors (Lipinski definition) is 2. The van der Waals surface area contributed by atoms with Gasteiger partial charge in [0.2, 0.25) is 0 Å². The van der Waals surface area contributed by atoms with Crippen molar-refractivity contribution in [2.75, 3.05) is 5.32 Å². The highest BCUT2D eigenvalue weighted by molar-refractivity contribution is 6.39. The molecule has 0 heterocycles. The summed E-state index contributed by atoms with van der Waals surface area (Å²) in [7, 11) is 0. The smallest absolute Gasteiger partial charge is 0.317 e. The maximum absolute atomic E-state index is 11.9. The summed E-state index contributed by atoms with van der Waals surface area (Å²) in [5, 5.41) is 6.55. The third-order valence-electron chi connectivity index (χ3n) is 3.36. The summed E-state index contributed by atoms with van der Waals surface area (Å²) in [6.07, 6.45) is 0. The molecule has 2 amide bonds. The van der Waals surface area contributed by atoms with Crippen LogP contribution in [0.15, 0.2) is 53.6 Å². The third kappa shape index (κ3) is 4.51. The Labute approximate surface area is 135 Å². The molecule has 0 aliphatic rings. The number of nitrogens with zero attached hydrogens (tertiary/aromatic N) is 1. The summed E-state index contributed by atoms with van der Waals surface area (Å²) in [5.74, 6) is -1.55. The Morgan fingerprint density at radius 1 is 0.957 bits per heavy atom. The molecule has 2 aromatic rings. The molecule has 0 saturated carbocycles. The van der Waals surface area contributed by atoms with Crippen LogP contribution in [0.2, 0.25) is 0 Å². The second kappa shape index (κ2) is 7.35. The monoisotopic (exact) mass is 309 g/mol. The number of carbonyl (C=O) groups is 2. The van der Waals surface area contributed by atoms with Gasteiger partial charge in [0.05, 0.1) is 5.71 Å². The van der Waals surface area contributed by atoms with Crippen LogP contribution in [-0.2, 0) is 9.59 Å². The number of aryl methyl sites for hydroxylation is 2. The quantitative estimate of drug-likeness (QED) is 0.520. The van der Waals surface area contributed by atoms with Gasteiger partial charge in [-0.15, -0.1) is 0 Å². The van der Waals surface area contributed by atoms with Crippen molar-refractivity contribution in [1.29, 1.82) is 0 Å². The van der Waals surface area contributed by atoms with Crippen LogP contribution in [0, 0.1) is 13.8 Å². The summed E-state index contributed by atoms with van der Waals surface area (Å²) in [6, 6.07) is 15.1. The Hall–Kier alpha value is -2.95. The topological polar surface area (TPSA) is 70.6 Å². The lowest BCUT2D eigenvalue weighted by atomic mass is 10.1. The van der Waals surface area contributed by atoms with Crippen molar-refractivity contribution >= 4 is 23.2 Å². The average Bonchev–Trinajstić information content (AvgIpc) is 2.56. The van der Waals surface area contributed by atoms with Crippen LogP contribution in [0.3, 0.4) is 0 Å². The molecular formula is C18H19N3O2. The molecule has 5 heteroatoms. The van der Waals surface area contributed by atoms with Gasteiger partial charge in [-0.2, -0.15) is 5.10 Å². The molecular weight excluding hydrogens is 290 g/mol. The van der Waals surface area contributed by atoms with Crippen molar-refractivity contribution in [1.82, 2.24) is 5.43 Å². The number of carbonyl (C=O) groups excluding carboxylic acids is 2. The van der Waals surface area contributed by atoms with E-state index in [1.807, 2.05) is 62.4 Å². The number of amides is 2. The first-order chi connectivity index (χ1) is 11.0. The van der Waals surface area contributed by atoms with Crippen molar-refractivity contribution in [3.8, 4) is 0 Å². The zero-order chi connectivity index (χ0) is 16.8. The van der Waals surface area contributed by atoms with Crippen LogP contribution in [-0.4, -0.2) is 17.5 Å². The van der Waals surface area contributed by atoms with Gasteiger partial charge in [0.1, 0.15) is 0 Å². The number of rotatable bonds is 3. The molecule has 0 saturated heterocycles. The van der Waals surface area contributed by atoms with Crippen LogP contribution in [0.5, 0.6) is 0 Å². The molecule has 2 rings (SSSR count). The van der Waals surface area contributed by atoms with E-state index in [4.69, 9.17) is 0 Å². The fraction of sp³-hybridized carbons (Fsp3) is 0.167. The van der Waals surface area contributed by atoms with E-state index in [1.165, 1.54) is 0 Å². The molecule has 0 aliphatic heterocycles. The summed E-state index contributed by atoms with van der Waals surface area (Å²) < 4.78 is 0. The van der Waals surface area contributed by atoms with Crippen molar-refractivity contribution in [2.24, 2.45) is 5.10 Å². The second-order valence-electron chi connectivity index (χ2n) is 5.28. The normalized spacial score (nSPS) is 11.0. The molecule has 23 heavy (non-hydrogen) atoms. The molecule has 2 aromatic carbocycles. The average molecular weight is 309 g/mol. The van der Waals surface area contributed by atoms with Gasteiger partial charge in [-0.3, -0.25) is 9.59 Å². The minimum absolute atomic E-state index is 0.619. The lowest BCUT2D eigenvalue weighted by Crippen LogP contribution is -2.33. The Morgan fingerprint density at radius 2 is 1.65 bits per heavy atom. The first-order valence-corrected chi connectivity index (χ1v) is 7.25. The second-order valence-corrected chi connectivity index (χ2v) is 5.28. The Bertz CT molecular complexity index is 752. The minimum Gasteiger partial charge on any atom is -0.317 e. The lowest BCUT2D eigenvalue weighted by molar-refractivity contribution is -0.136. The molecule has 0 aliphatic carbocycles. The molecule has 0 aromatic heterocycles. The number of anilines is 1. The minimum atomic E-state index is -0.804. The van der Waals surface area contributed by atoms with E-state index in [1.54, 1.807) is 6.92 Å². The Kier molecular flexibility index (Phi) is 5.25. The Morgan fingerprint density at radius 3 is 2.35 bits per heavy atom. The largest absolute Gasteiger partial charge is 0.329 e. The van der Waals surface area contributed by atoms with Crippen LogP contribution in [0.4, 0.5) is 5.69 Å². The van der Waals surface area contributed by atoms with Crippen LogP contribution in [0.1, 0.15) is 23.6 Å². The highest BCUT2D eigenvalue weighted by Crippen LogP contribution is 2.16. The maximum atomic E-state index is 11.9. The van der Waals surface area contributed by atoms with E-state index in [-0.39, 0.29) is 0 Å². The maximum Gasteiger partial charge on any atom is 0.329 e. The van der Waals surface area contributed by atoms with E-state index in [9.17, 15) is 9.59 Å². The molecule has 2 N–H and O–H groups in total. The third-order valence-corrected chi connectivity index (χ3v) is 3.36. The number of nitrogens with one attached hydrogen (secondary N) is 2. The fourth-order valence-corrected chi connectivity index (χ4v) is 1.98. The highest BCUT2D eigenvalue weighted by Gasteiger charge is 2.14. The predicted octanol–water partition coefficient (Wildman–Crippen LogP) is 2.78. The summed E-state index contributed by atoms with van der Waals surface area (Å²) >= 11 is 0. The van der Waals surface area contributed by atoms with Gasteiger partial charge < -0.3 is 5.32 Å². The van der Waals surface area contributed by atoms with E-state index >= 15 is 0 Å². The van der Waals surface area contributed by atoms with Crippen molar-refractivity contribution in [3.05, 3.63) is 65.2 Å². The van der Waals surface area contributed by atoms with E-state index in [2.05, 4.69) is 15.8 Å². The molecule has 0 atom stereocenters. The zero-order valence-electron chi connectivity index (χ0n) is 13.4. The molecule has 0 fully saturated rings. The summed E-state index contributed by atoms with van der Waals surface area (Å²) in [6.45, 7) is 5.55. The van der Waals surface area contributed by atoms with Crippen LogP contribution < -0.4 is 10.7 Å². The van der Waals surface area contributed by atoms with Gasteiger partial charge in [0.15, 0.2) is 0 Å². The number of benzene rings is 2. The highest BCUT2D eigenvalue weighted by atomic mass is 16.2. The fourth-order valence-electron chi connectivity index (χ4n) is 1.98. The van der Waals surface area contributed by atoms with Crippen molar-refractivity contribution in [2.45, 2.75) is 20.8 Å². The van der Waals surface area contributed by atoms with Gasteiger partial charge in [-0.1, -0.05) is 42.5 Å². The molecule has 5 nitrogen and oxygen atoms in total. The van der Waals surface area contributed by atoms with E-state index in [0.717, 1.165) is 16.7 Å². The van der Waals surface area contributed by atoms with Gasteiger partial charge in [0, 0.05) is 5.69 Å². The zero-order valence-corrected chi connectivity index (χ0v) is 13.4. The lowest BCUT2D eigenvalue weighted by Gasteiger charge is -2.08. The standard InChI is InChI=1S/C18H19N3O2/c1-12-9-10-13(2)16(11-12)19-17(22)18(23)21-20-14(3)15-7-5-4-6-8-15/h4-11H,1-3H3,(H,19,22)(H,21,23)/b20-14+. The van der Waals surface area contributed by atoms with Gasteiger partial charge in [-0.25, -0.2) is 5.43 Å². The Balaban J connectivity index is 2.00. The number of hydrogen-bond acceptors (Lipinski definition) is 3. The van der Waals surface area contributed by atoms with Gasteiger partial charge in [0.25, 0.3) is 0 Å². The molecule has 0 unspecified atom stereocenters. The van der Waals surface area contributed by atoms with E-state index < -0.39 is 11.8 Å². The molecule has 0 bridgehead atoms. The number of hydrazone groups is 1. The van der Waals surface area contributed by atoms with Gasteiger partial charge >= 0.3 is 11.8 Å². The summed E-state index contributed by atoms with van der Waals surface area (Å²) in [4.78, 5) is 23.8. The molecule has 0 spiro atoms.